The van der Waals surface area contributed by atoms with Gasteiger partial charge in [0.15, 0.2) is 11.4 Å². The molecule has 106 valence electrons. The minimum Gasteiger partial charge on any atom is -0.495 e. The second-order valence-corrected chi connectivity index (χ2v) is 4.44. The molecular weight excluding hydrogens is 282 g/mol. The van der Waals surface area contributed by atoms with Gasteiger partial charge in [-0.3, -0.25) is 0 Å². The first-order chi connectivity index (χ1) is 9.56. The third-order valence-electron chi connectivity index (χ3n) is 2.71. The first-order valence-corrected chi connectivity index (χ1v) is 6.20. The zero-order valence-electron chi connectivity index (χ0n) is 11.6. The Balaban J connectivity index is 2.42. The summed E-state index contributed by atoms with van der Waals surface area (Å²) in [5.41, 5.74) is 1.78. The van der Waals surface area contributed by atoms with Gasteiger partial charge in [-0.05, 0) is 13.8 Å². The van der Waals surface area contributed by atoms with Crippen LogP contribution < -0.4 is 9.47 Å². The van der Waals surface area contributed by atoms with Crippen molar-refractivity contribution >= 4 is 23.0 Å². The number of nitrogens with zero attached hydrogens (tertiary/aromatic N) is 3. The lowest BCUT2D eigenvalue weighted by atomic mass is 10.3. The van der Waals surface area contributed by atoms with Crippen molar-refractivity contribution < 1.29 is 14.0 Å². The number of hydrogen-bond donors (Lipinski definition) is 0. The van der Waals surface area contributed by atoms with E-state index in [-0.39, 0.29) is 0 Å². The average molecular weight is 296 g/mol. The Morgan fingerprint density at radius 1 is 1.10 bits per heavy atom. The molecule has 0 N–H and O–H groups in total. The summed E-state index contributed by atoms with van der Waals surface area (Å²) in [4.78, 5) is 0. The van der Waals surface area contributed by atoms with Gasteiger partial charge in [-0.1, -0.05) is 16.8 Å². The van der Waals surface area contributed by atoms with Gasteiger partial charge in [0.25, 0.3) is 0 Å². The predicted molar refractivity (Wildman–Crippen MR) is 74.7 cm³/mol. The summed E-state index contributed by atoms with van der Waals surface area (Å²) in [5, 5.41) is 12.5. The fourth-order valence-corrected chi connectivity index (χ4v) is 1.88. The summed E-state index contributed by atoms with van der Waals surface area (Å²) in [6.45, 7) is 3.57. The molecule has 0 unspecified atom stereocenters. The second-order valence-electron chi connectivity index (χ2n) is 4.03. The molecule has 0 spiro atoms. The van der Waals surface area contributed by atoms with Crippen molar-refractivity contribution in [3.05, 3.63) is 28.6 Å². The van der Waals surface area contributed by atoms with Crippen LogP contribution >= 0.6 is 11.6 Å². The minimum absolute atomic E-state index is 0.445. The molecule has 0 radical (unpaired) electrons. The Hall–Kier alpha value is -2.08. The van der Waals surface area contributed by atoms with Crippen molar-refractivity contribution in [3.63, 3.8) is 0 Å². The van der Waals surface area contributed by atoms with Crippen LogP contribution in [-0.2, 0) is 0 Å². The first-order valence-electron chi connectivity index (χ1n) is 5.83. The van der Waals surface area contributed by atoms with Crippen LogP contribution in [0.4, 0.5) is 11.4 Å². The van der Waals surface area contributed by atoms with E-state index in [4.69, 9.17) is 25.6 Å². The van der Waals surface area contributed by atoms with E-state index in [1.807, 2.05) is 0 Å². The summed E-state index contributed by atoms with van der Waals surface area (Å²) < 4.78 is 15.4. The summed E-state index contributed by atoms with van der Waals surface area (Å²) in [6, 6.07) is 3.28. The summed E-state index contributed by atoms with van der Waals surface area (Å²) in [5.74, 6) is 1.61. The first kappa shape index (κ1) is 14.3. The van der Waals surface area contributed by atoms with E-state index in [9.17, 15) is 0 Å². The van der Waals surface area contributed by atoms with Crippen LogP contribution in [0.2, 0.25) is 5.02 Å². The molecule has 20 heavy (non-hydrogen) atoms. The standard InChI is InChI=1S/C13H14ClN3O3/c1-7-13(8(2)20-17-7)16-15-10-6-11(18-3)9(14)5-12(10)19-4/h5-6H,1-4H3. The maximum atomic E-state index is 6.03. The number of azo groups is 1. The molecule has 7 heteroatoms. The minimum atomic E-state index is 0.445. The molecule has 0 aliphatic heterocycles. The monoisotopic (exact) mass is 295 g/mol. The second kappa shape index (κ2) is 5.92. The molecular formula is C13H14ClN3O3. The highest BCUT2D eigenvalue weighted by atomic mass is 35.5. The predicted octanol–water partition coefficient (Wildman–Crippen LogP) is 4.38. The van der Waals surface area contributed by atoms with E-state index in [0.29, 0.717) is 39.4 Å². The summed E-state index contributed by atoms with van der Waals surface area (Å²) in [6.07, 6.45) is 0. The molecule has 1 heterocycles. The molecule has 0 atom stereocenters. The number of ether oxygens (including phenoxy) is 2. The summed E-state index contributed by atoms with van der Waals surface area (Å²) >= 11 is 6.03. The highest BCUT2D eigenvalue weighted by Gasteiger charge is 2.11. The fraction of sp³-hybridized carbons (Fsp3) is 0.308. The molecule has 0 aliphatic carbocycles. The molecule has 0 saturated carbocycles. The van der Waals surface area contributed by atoms with Crippen molar-refractivity contribution in [2.75, 3.05) is 14.2 Å². The van der Waals surface area contributed by atoms with E-state index in [1.165, 1.54) is 14.2 Å². The van der Waals surface area contributed by atoms with Crippen molar-refractivity contribution in [1.29, 1.82) is 0 Å². The number of halogens is 1. The maximum absolute atomic E-state index is 6.03. The Bertz CT molecular complexity index is 633. The smallest absolute Gasteiger partial charge is 0.161 e. The van der Waals surface area contributed by atoms with Gasteiger partial charge in [0, 0.05) is 12.1 Å². The highest BCUT2D eigenvalue weighted by Crippen LogP contribution is 2.38. The SMILES string of the molecule is COc1cc(N=Nc2c(C)noc2C)c(OC)cc1Cl. The van der Waals surface area contributed by atoms with Crippen LogP contribution in [-0.4, -0.2) is 19.4 Å². The van der Waals surface area contributed by atoms with Crippen LogP contribution in [0.1, 0.15) is 11.5 Å². The Kier molecular flexibility index (Phi) is 4.24. The quantitative estimate of drug-likeness (QED) is 0.785. The Morgan fingerprint density at radius 2 is 1.80 bits per heavy atom. The Morgan fingerprint density at radius 3 is 2.35 bits per heavy atom. The number of rotatable bonds is 4. The molecule has 0 fully saturated rings. The number of benzene rings is 1. The fourth-order valence-electron chi connectivity index (χ4n) is 1.65. The zero-order valence-corrected chi connectivity index (χ0v) is 12.4. The molecule has 0 aliphatic rings. The van der Waals surface area contributed by atoms with Gasteiger partial charge in [0.05, 0.1) is 19.2 Å². The van der Waals surface area contributed by atoms with Gasteiger partial charge in [0.2, 0.25) is 0 Å². The number of aryl methyl sites for hydroxylation is 2. The number of methoxy groups -OCH3 is 2. The molecule has 1 aromatic heterocycles. The molecule has 2 rings (SSSR count). The van der Waals surface area contributed by atoms with Crippen LogP contribution in [0.15, 0.2) is 26.9 Å². The largest absolute Gasteiger partial charge is 0.495 e. The van der Waals surface area contributed by atoms with E-state index in [2.05, 4.69) is 15.4 Å². The van der Waals surface area contributed by atoms with Crippen LogP contribution in [0.3, 0.4) is 0 Å². The Labute approximate surface area is 121 Å². The van der Waals surface area contributed by atoms with Crippen molar-refractivity contribution in [3.8, 4) is 11.5 Å². The molecule has 2 aromatic rings. The van der Waals surface area contributed by atoms with Crippen LogP contribution in [0.25, 0.3) is 0 Å². The van der Waals surface area contributed by atoms with Gasteiger partial charge < -0.3 is 14.0 Å². The molecule has 1 aromatic carbocycles. The number of hydrogen-bond acceptors (Lipinski definition) is 6. The molecule has 6 nitrogen and oxygen atoms in total. The van der Waals surface area contributed by atoms with E-state index in [1.54, 1.807) is 26.0 Å². The topological polar surface area (TPSA) is 69.2 Å². The van der Waals surface area contributed by atoms with Crippen molar-refractivity contribution in [2.24, 2.45) is 10.2 Å². The van der Waals surface area contributed by atoms with E-state index < -0.39 is 0 Å². The molecule has 0 amide bonds. The zero-order chi connectivity index (χ0) is 14.7. The van der Waals surface area contributed by atoms with Crippen molar-refractivity contribution in [2.45, 2.75) is 13.8 Å². The van der Waals surface area contributed by atoms with Crippen LogP contribution in [0, 0.1) is 13.8 Å². The lowest BCUT2D eigenvalue weighted by Gasteiger charge is -2.08. The van der Waals surface area contributed by atoms with E-state index >= 15 is 0 Å². The average Bonchev–Trinajstić information content (AvgIpc) is 2.76. The third kappa shape index (κ3) is 2.75. The van der Waals surface area contributed by atoms with Gasteiger partial charge in [-0.25, -0.2) is 0 Å². The number of aromatic nitrogens is 1. The van der Waals surface area contributed by atoms with Gasteiger partial charge in [-0.15, -0.1) is 10.2 Å². The van der Waals surface area contributed by atoms with E-state index in [0.717, 1.165) is 0 Å². The van der Waals surface area contributed by atoms with Gasteiger partial charge in [-0.2, -0.15) is 0 Å². The maximum Gasteiger partial charge on any atom is 0.161 e. The third-order valence-corrected chi connectivity index (χ3v) is 3.00. The lowest BCUT2D eigenvalue weighted by molar-refractivity contribution is 0.393. The van der Waals surface area contributed by atoms with Gasteiger partial charge >= 0.3 is 0 Å². The van der Waals surface area contributed by atoms with Gasteiger partial charge in [0.1, 0.15) is 22.9 Å². The molecule has 0 bridgehead atoms. The van der Waals surface area contributed by atoms with Crippen LogP contribution in [0.5, 0.6) is 11.5 Å². The molecule has 0 saturated heterocycles. The highest BCUT2D eigenvalue weighted by molar-refractivity contribution is 6.32. The summed E-state index contributed by atoms with van der Waals surface area (Å²) in [7, 11) is 3.07. The lowest BCUT2D eigenvalue weighted by Crippen LogP contribution is -1.88. The van der Waals surface area contributed by atoms with Crippen molar-refractivity contribution in [1.82, 2.24) is 5.16 Å². The normalized spacial score (nSPS) is 11.1.